The van der Waals surface area contributed by atoms with Gasteiger partial charge in [-0.25, -0.2) is 0 Å². The van der Waals surface area contributed by atoms with Crippen molar-refractivity contribution in [2.45, 2.75) is 76.2 Å². The van der Waals surface area contributed by atoms with E-state index >= 15 is 0 Å². The molecule has 0 bridgehead atoms. The Bertz CT molecular complexity index is 249. The van der Waals surface area contributed by atoms with Gasteiger partial charge in [-0.15, -0.1) is 0 Å². The summed E-state index contributed by atoms with van der Waals surface area (Å²) in [5, 5.41) is 0. The van der Waals surface area contributed by atoms with Gasteiger partial charge in [0.15, 0.2) is 0 Å². The molecule has 0 nitrogen and oxygen atoms in total. The second-order valence-electron chi connectivity index (χ2n) is 8.43. The van der Waals surface area contributed by atoms with Crippen molar-refractivity contribution in [1.82, 2.24) is 0 Å². The second kappa shape index (κ2) is 7.14. The smallest absolute Gasteiger partial charge is 0.0241 e. The molecule has 0 aromatic carbocycles. The minimum absolute atomic E-state index is 0.423. The maximum absolute atomic E-state index is 2.56. The summed E-state index contributed by atoms with van der Waals surface area (Å²) in [4.78, 5) is 0. The summed E-state index contributed by atoms with van der Waals surface area (Å²) < 4.78 is 0. The molecule has 0 saturated heterocycles. The van der Waals surface area contributed by atoms with E-state index in [1.165, 1.54) is 0 Å². The van der Waals surface area contributed by atoms with Crippen LogP contribution < -0.4 is 0 Å². The predicted molar refractivity (Wildman–Crippen MR) is 89.3 cm³/mol. The molecule has 0 saturated carbocycles. The van der Waals surface area contributed by atoms with Crippen molar-refractivity contribution in [2.24, 2.45) is 46.8 Å². The van der Waals surface area contributed by atoms with E-state index in [2.05, 4.69) is 76.2 Å². The molecule has 0 rings (SSSR count). The van der Waals surface area contributed by atoms with Crippen molar-refractivity contribution in [1.29, 1.82) is 0 Å². The Morgan fingerprint density at radius 1 is 0.579 bits per heavy atom. The van der Waals surface area contributed by atoms with Gasteiger partial charge in [0, 0.05) is 0 Å². The quantitative estimate of drug-likeness (QED) is 0.494. The van der Waals surface area contributed by atoms with Gasteiger partial charge in [0.2, 0.25) is 0 Å². The molecule has 0 N–H and O–H groups in total. The normalized spacial score (nSPS) is 21.0. The van der Waals surface area contributed by atoms with Crippen molar-refractivity contribution < 1.29 is 0 Å². The van der Waals surface area contributed by atoms with Crippen molar-refractivity contribution in [3.05, 3.63) is 0 Å². The highest BCUT2D eigenvalue weighted by molar-refractivity contribution is 4.94. The SMILES string of the molecule is CC(C)C(C)C(C(C)C)C(C)(C(C)C)C(C)C(C)C. The fourth-order valence-corrected chi connectivity index (χ4v) is 4.24. The monoisotopic (exact) mass is 268 g/mol. The zero-order chi connectivity index (χ0) is 15.5. The fraction of sp³-hybridized carbons (Fsp3) is 1.00. The van der Waals surface area contributed by atoms with Crippen molar-refractivity contribution in [2.75, 3.05) is 0 Å². The zero-order valence-electron chi connectivity index (χ0n) is 15.5. The van der Waals surface area contributed by atoms with E-state index in [1.54, 1.807) is 0 Å². The molecule has 0 heterocycles. The molecule has 0 spiro atoms. The molecule has 0 aliphatic heterocycles. The van der Waals surface area contributed by atoms with Gasteiger partial charge in [-0.2, -0.15) is 0 Å². The van der Waals surface area contributed by atoms with E-state index in [0.29, 0.717) is 5.41 Å². The van der Waals surface area contributed by atoms with E-state index in [-0.39, 0.29) is 0 Å². The van der Waals surface area contributed by atoms with Crippen molar-refractivity contribution in [3.63, 3.8) is 0 Å². The lowest BCUT2D eigenvalue weighted by atomic mass is 9.53. The van der Waals surface area contributed by atoms with E-state index in [0.717, 1.165) is 41.4 Å². The molecule has 0 aromatic rings. The lowest BCUT2D eigenvalue weighted by Gasteiger charge is -2.52. The number of hydrogen-bond donors (Lipinski definition) is 0. The van der Waals surface area contributed by atoms with Crippen LogP contribution in [0, 0.1) is 46.8 Å². The average molecular weight is 269 g/mol. The lowest BCUT2D eigenvalue weighted by Crippen LogP contribution is -2.47. The third-order valence-electron chi connectivity index (χ3n) is 6.28. The van der Waals surface area contributed by atoms with Crippen molar-refractivity contribution in [3.8, 4) is 0 Å². The van der Waals surface area contributed by atoms with Gasteiger partial charge < -0.3 is 0 Å². The van der Waals surface area contributed by atoms with Crippen LogP contribution in [0.4, 0.5) is 0 Å². The Morgan fingerprint density at radius 3 is 1.21 bits per heavy atom. The van der Waals surface area contributed by atoms with E-state index in [9.17, 15) is 0 Å². The van der Waals surface area contributed by atoms with Crippen LogP contribution in [0.25, 0.3) is 0 Å². The van der Waals surface area contributed by atoms with Crippen LogP contribution >= 0.6 is 0 Å². The molecule has 0 amide bonds. The van der Waals surface area contributed by atoms with Gasteiger partial charge >= 0.3 is 0 Å². The fourth-order valence-electron chi connectivity index (χ4n) is 4.24. The summed E-state index contributed by atoms with van der Waals surface area (Å²) in [5.41, 5.74) is 0.423. The Hall–Kier alpha value is 0. The Morgan fingerprint density at radius 2 is 1.00 bits per heavy atom. The molecule has 4 atom stereocenters. The van der Waals surface area contributed by atoms with Gasteiger partial charge in [0.1, 0.15) is 0 Å². The van der Waals surface area contributed by atoms with Gasteiger partial charge in [-0.1, -0.05) is 76.2 Å². The highest BCUT2D eigenvalue weighted by atomic mass is 14.5. The van der Waals surface area contributed by atoms with Gasteiger partial charge in [-0.3, -0.25) is 0 Å². The van der Waals surface area contributed by atoms with E-state index < -0.39 is 0 Å². The highest BCUT2D eigenvalue weighted by Gasteiger charge is 2.46. The van der Waals surface area contributed by atoms with Crippen LogP contribution in [0.5, 0.6) is 0 Å². The minimum atomic E-state index is 0.423. The standard InChI is InChI=1S/C19H40/c1-12(2)16(9)18(14(5)6)19(11,15(7)8)17(10)13(3)4/h12-18H,1-11H3. The molecule has 0 aliphatic carbocycles. The Kier molecular flexibility index (Phi) is 7.14. The van der Waals surface area contributed by atoms with Crippen LogP contribution in [0.1, 0.15) is 76.2 Å². The first-order valence-electron chi connectivity index (χ1n) is 8.47. The molecule has 0 fully saturated rings. The van der Waals surface area contributed by atoms with Crippen LogP contribution in [-0.2, 0) is 0 Å². The molecule has 0 heteroatoms. The summed E-state index contributed by atoms with van der Waals surface area (Å²) in [6, 6.07) is 0. The molecule has 19 heavy (non-hydrogen) atoms. The van der Waals surface area contributed by atoms with Crippen molar-refractivity contribution >= 4 is 0 Å². The van der Waals surface area contributed by atoms with E-state index in [1.807, 2.05) is 0 Å². The third-order valence-corrected chi connectivity index (χ3v) is 6.28. The topological polar surface area (TPSA) is 0 Å². The van der Waals surface area contributed by atoms with Crippen LogP contribution in [0.2, 0.25) is 0 Å². The summed E-state index contributed by atoms with van der Waals surface area (Å²) >= 11 is 0. The molecule has 0 aliphatic rings. The van der Waals surface area contributed by atoms with Crippen LogP contribution in [0.15, 0.2) is 0 Å². The van der Waals surface area contributed by atoms with E-state index in [4.69, 9.17) is 0 Å². The lowest BCUT2D eigenvalue weighted by molar-refractivity contribution is -0.0421. The Labute approximate surface area is 123 Å². The van der Waals surface area contributed by atoms with Gasteiger partial charge in [0.05, 0.1) is 0 Å². The van der Waals surface area contributed by atoms with Crippen LogP contribution in [-0.4, -0.2) is 0 Å². The second-order valence-corrected chi connectivity index (χ2v) is 8.43. The first-order valence-corrected chi connectivity index (χ1v) is 8.47. The number of hydrogen-bond acceptors (Lipinski definition) is 0. The Balaban J connectivity index is 5.66. The summed E-state index contributed by atoms with van der Waals surface area (Å²) in [6.45, 7) is 26.8. The maximum atomic E-state index is 2.56. The molecule has 116 valence electrons. The number of rotatable bonds is 7. The molecule has 0 radical (unpaired) electrons. The largest absolute Gasteiger partial charge is 0.0625 e. The predicted octanol–water partition coefficient (Wildman–Crippen LogP) is 6.51. The summed E-state index contributed by atoms with van der Waals surface area (Å²) in [7, 11) is 0. The molecule has 0 aromatic heterocycles. The summed E-state index contributed by atoms with van der Waals surface area (Å²) in [6.07, 6.45) is 0. The highest BCUT2D eigenvalue weighted by Crippen LogP contribution is 2.52. The van der Waals surface area contributed by atoms with Gasteiger partial charge in [-0.05, 0) is 46.8 Å². The average Bonchev–Trinajstić information content (AvgIpc) is 2.26. The molecule has 4 unspecified atom stereocenters. The van der Waals surface area contributed by atoms with Gasteiger partial charge in [0.25, 0.3) is 0 Å². The first-order chi connectivity index (χ1) is 8.47. The molecular formula is C19H40. The third kappa shape index (κ3) is 3.99. The summed E-state index contributed by atoms with van der Waals surface area (Å²) in [5.74, 6) is 5.36. The zero-order valence-corrected chi connectivity index (χ0v) is 15.5. The first kappa shape index (κ1) is 19.0. The molecular weight excluding hydrogens is 228 g/mol. The van der Waals surface area contributed by atoms with Crippen LogP contribution in [0.3, 0.4) is 0 Å². The maximum Gasteiger partial charge on any atom is -0.0241 e. The minimum Gasteiger partial charge on any atom is -0.0625 e.